The largest absolute Gasteiger partial charge is 0.472 e. The van der Waals surface area contributed by atoms with E-state index in [0.29, 0.717) is 6.42 Å². The SMILES string of the molecule is CC(=O)OC1CCC(C)(O)C23OC(C)(C)C(CC(OC(=O)c4ccoc4)C12C)C3OC(=O)c1ccoc1. The zero-order valence-electron chi connectivity index (χ0n) is 21.5. The normalized spacial score (nSPS) is 37.9. The molecule has 0 amide bonds. The molecule has 2 aliphatic carbocycles. The number of carbonyl (C=O) groups is 3. The van der Waals surface area contributed by atoms with Crippen molar-refractivity contribution >= 4 is 17.9 Å². The highest BCUT2D eigenvalue weighted by Gasteiger charge is 2.82. The molecular formula is C27H32O10. The Labute approximate surface area is 214 Å². The lowest BCUT2D eigenvalue weighted by Crippen LogP contribution is -2.79. The van der Waals surface area contributed by atoms with Crippen LogP contribution in [0.2, 0.25) is 0 Å². The van der Waals surface area contributed by atoms with Crippen LogP contribution in [0, 0.1) is 11.3 Å². The molecule has 3 aliphatic rings. The van der Waals surface area contributed by atoms with E-state index in [1.807, 2.05) is 13.8 Å². The summed E-state index contributed by atoms with van der Waals surface area (Å²) < 4.78 is 34.9. The Morgan fingerprint density at radius 3 is 2.05 bits per heavy atom. The average molecular weight is 517 g/mol. The zero-order chi connectivity index (χ0) is 26.8. The minimum atomic E-state index is -1.58. The first kappa shape index (κ1) is 25.5. The van der Waals surface area contributed by atoms with Crippen LogP contribution in [0.1, 0.15) is 74.6 Å². The van der Waals surface area contributed by atoms with Crippen molar-refractivity contribution in [2.75, 3.05) is 0 Å². The molecule has 37 heavy (non-hydrogen) atoms. The van der Waals surface area contributed by atoms with Crippen molar-refractivity contribution in [3.05, 3.63) is 48.3 Å². The molecule has 1 spiro atoms. The van der Waals surface area contributed by atoms with Gasteiger partial charge in [-0.1, -0.05) is 0 Å². The lowest BCUT2D eigenvalue weighted by molar-refractivity contribution is -0.326. The minimum absolute atomic E-state index is 0.200. The Balaban J connectivity index is 1.65. The lowest BCUT2D eigenvalue weighted by atomic mass is 9.47. The molecule has 1 saturated heterocycles. The number of ether oxygens (including phenoxy) is 4. The Bertz CT molecular complexity index is 1180. The van der Waals surface area contributed by atoms with Crippen molar-refractivity contribution in [3.63, 3.8) is 0 Å². The highest BCUT2D eigenvalue weighted by atomic mass is 16.6. The van der Waals surface area contributed by atoms with Gasteiger partial charge in [-0.2, -0.15) is 0 Å². The van der Waals surface area contributed by atoms with Gasteiger partial charge in [0.15, 0.2) is 0 Å². The first-order valence-corrected chi connectivity index (χ1v) is 12.4. The van der Waals surface area contributed by atoms with E-state index in [2.05, 4.69) is 0 Å². The van der Waals surface area contributed by atoms with E-state index in [0.717, 1.165) is 0 Å². The zero-order valence-corrected chi connectivity index (χ0v) is 21.5. The van der Waals surface area contributed by atoms with Crippen LogP contribution >= 0.6 is 0 Å². The van der Waals surface area contributed by atoms with Gasteiger partial charge >= 0.3 is 17.9 Å². The van der Waals surface area contributed by atoms with E-state index < -0.39 is 64.4 Å². The van der Waals surface area contributed by atoms with Crippen molar-refractivity contribution in [1.29, 1.82) is 0 Å². The van der Waals surface area contributed by atoms with Gasteiger partial charge in [0.25, 0.3) is 0 Å². The van der Waals surface area contributed by atoms with Crippen LogP contribution in [0.4, 0.5) is 0 Å². The maximum absolute atomic E-state index is 13.2. The molecule has 10 heteroatoms. The molecule has 1 N–H and O–H groups in total. The molecule has 7 atom stereocenters. The van der Waals surface area contributed by atoms with E-state index in [9.17, 15) is 19.5 Å². The monoisotopic (exact) mass is 516 g/mol. The Morgan fingerprint density at radius 1 is 0.919 bits per heavy atom. The van der Waals surface area contributed by atoms with Crippen LogP contribution in [0.5, 0.6) is 0 Å². The molecule has 1 aliphatic heterocycles. The third-order valence-electron chi connectivity index (χ3n) is 8.69. The van der Waals surface area contributed by atoms with Gasteiger partial charge in [-0.25, -0.2) is 9.59 Å². The van der Waals surface area contributed by atoms with Crippen LogP contribution < -0.4 is 0 Å². The molecule has 10 nitrogen and oxygen atoms in total. The van der Waals surface area contributed by atoms with Gasteiger partial charge in [-0.05, 0) is 59.1 Å². The van der Waals surface area contributed by atoms with Gasteiger partial charge in [0, 0.05) is 12.8 Å². The Hall–Kier alpha value is -3.11. The quantitative estimate of drug-likeness (QED) is 0.463. The highest BCUT2D eigenvalue weighted by molar-refractivity contribution is 5.89. The van der Waals surface area contributed by atoms with Crippen molar-refractivity contribution in [1.82, 2.24) is 0 Å². The van der Waals surface area contributed by atoms with Crippen molar-refractivity contribution in [3.8, 4) is 0 Å². The summed E-state index contributed by atoms with van der Waals surface area (Å²) in [4.78, 5) is 38.5. The molecule has 2 saturated carbocycles. The third kappa shape index (κ3) is 3.64. The van der Waals surface area contributed by atoms with E-state index in [-0.39, 0.29) is 24.0 Å². The fourth-order valence-corrected chi connectivity index (χ4v) is 6.94. The summed E-state index contributed by atoms with van der Waals surface area (Å²) in [6, 6.07) is 2.99. The Morgan fingerprint density at radius 2 is 1.51 bits per heavy atom. The number of rotatable bonds is 5. The Kier molecular flexibility index (Phi) is 5.84. The maximum atomic E-state index is 13.2. The van der Waals surface area contributed by atoms with Gasteiger partial charge in [0.05, 0.1) is 40.3 Å². The number of carbonyl (C=O) groups excluding carboxylic acids is 3. The summed E-state index contributed by atoms with van der Waals surface area (Å²) in [6.45, 7) is 8.43. The average Bonchev–Trinajstić information content (AvgIpc) is 3.55. The van der Waals surface area contributed by atoms with E-state index in [4.69, 9.17) is 27.8 Å². The van der Waals surface area contributed by atoms with Gasteiger partial charge in [-0.3, -0.25) is 4.79 Å². The predicted molar refractivity (Wildman–Crippen MR) is 125 cm³/mol. The predicted octanol–water partition coefficient (Wildman–Crippen LogP) is 3.67. The molecule has 2 aromatic rings. The molecule has 5 rings (SSSR count). The number of hydrogen-bond donors (Lipinski definition) is 1. The molecule has 3 heterocycles. The van der Waals surface area contributed by atoms with Gasteiger partial charge in [0.1, 0.15) is 36.4 Å². The molecular weight excluding hydrogens is 484 g/mol. The van der Waals surface area contributed by atoms with Gasteiger partial charge < -0.3 is 32.9 Å². The maximum Gasteiger partial charge on any atom is 0.341 e. The number of esters is 3. The molecule has 0 radical (unpaired) electrons. The van der Waals surface area contributed by atoms with Crippen LogP contribution in [0.3, 0.4) is 0 Å². The number of furan rings is 2. The molecule has 2 bridgehead atoms. The molecule has 7 unspecified atom stereocenters. The summed E-state index contributed by atoms with van der Waals surface area (Å²) in [5, 5.41) is 12.0. The smallest absolute Gasteiger partial charge is 0.341 e. The van der Waals surface area contributed by atoms with Crippen LogP contribution in [0.15, 0.2) is 46.0 Å². The van der Waals surface area contributed by atoms with E-state index in [1.54, 1.807) is 13.8 Å². The number of fused-ring (bicyclic) bond motifs is 1. The summed E-state index contributed by atoms with van der Waals surface area (Å²) >= 11 is 0. The van der Waals surface area contributed by atoms with Crippen LogP contribution in [0.25, 0.3) is 0 Å². The fourth-order valence-electron chi connectivity index (χ4n) is 6.94. The van der Waals surface area contributed by atoms with Crippen molar-refractivity contribution in [2.45, 2.75) is 89.0 Å². The van der Waals surface area contributed by atoms with Crippen LogP contribution in [-0.4, -0.2) is 58.1 Å². The second kappa shape index (κ2) is 8.46. The second-order valence-corrected chi connectivity index (χ2v) is 11.2. The number of aliphatic hydroxyl groups is 1. The molecule has 3 fully saturated rings. The molecule has 200 valence electrons. The van der Waals surface area contributed by atoms with Gasteiger partial charge in [-0.15, -0.1) is 0 Å². The second-order valence-electron chi connectivity index (χ2n) is 11.2. The summed E-state index contributed by atoms with van der Waals surface area (Å²) in [5.74, 6) is -2.23. The molecule has 0 aromatic carbocycles. The summed E-state index contributed by atoms with van der Waals surface area (Å²) in [5.41, 5.74) is -4.84. The van der Waals surface area contributed by atoms with Crippen molar-refractivity contribution in [2.24, 2.45) is 11.3 Å². The van der Waals surface area contributed by atoms with Crippen molar-refractivity contribution < 1.29 is 47.3 Å². The lowest BCUT2D eigenvalue weighted by Gasteiger charge is -2.64. The topological polar surface area (TPSA) is 135 Å². The first-order chi connectivity index (χ1) is 17.3. The summed E-state index contributed by atoms with van der Waals surface area (Å²) in [6.07, 6.45) is 3.47. The van der Waals surface area contributed by atoms with Crippen LogP contribution in [-0.2, 0) is 23.7 Å². The minimum Gasteiger partial charge on any atom is -0.472 e. The van der Waals surface area contributed by atoms with Gasteiger partial charge in [0.2, 0.25) is 0 Å². The molecule has 2 aromatic heterocycles. The third-order valence-corrected chi connectivity index (χ3v) is 8.69. The first-order valence-electron chi connectivity index (χ1n) is 12.4. The number of hydrogen-bond acceptors (Lipinski definition) is 10. The summed E-state index contributed by atoms with van der Waals surface area (Å²) in [7, 11) is 0. The standard InChI is InChI=1S/C27H32O10/c1-15(28)34-19-6-9-25(4,31)27-21(36-23(30)17-8-11-33-14-17)18(24(2,3)37-27)12-20(26(19,27)5)35-22(29)16-7-10-32-13-16/h7-8,10-11,13-14,18-21,31H,6,9,12H2,1-5H3. The fraction of sp³-hybridized carbons (Fsp3) is 0.593. The highest BCUT2D eigenvalue weighted by Crippen LogP contribution is 2.68. The van der Waals surface area contributed by atoms with E-state index >= 15 is 0 Å². The van der Waals surface area contributed by atoms with E-state index in [1.165, 1.54) is 44.1 Å².